The van der Waals surface area contributed by atoms with Crippen LogP contribution in [0, 0.1) is 6.92 Å². The summed E-state index contributed by atoms with van der Waals surface area (Å²) in [6.45, 7) is 6.49. The van der Waals surface area contributed by atoms with Gasteiger partial charge in [-0.2, -0.15) is 0 Å². The van der Waals surface area contributed by atoms with Gasteiger partial charge in [0.05, 0.1) is 13.2 Å². The number of hydrogen-bond acceptors (Lipinski definition) is 6. The van der Waals surface area contributed by atoms with Crippen molar-refractivity contribution in [3.05, 3.63) is 46.8 Å². The van der Waals surface area contributed by atoms with Crippen LogP contribution in [0.25, 0.3) is 0 Å². The number of nitrogens with zero attached hydrogens (tertiary/aromatic N) is 5. The van der Waals surface area contributed by atoms with Gasteiger partial charge in [0.25, 0.3) is 5.91 Å². The summed E-state index contributed by atoms with van der Waals surface area (Å²) in [5.41, 5.74) is 3.87. The number of fused-ring (bicyclic) bond motifs is 3. The van der Waals surface area contributed by atoms with E-state index in [0.29, 0.717) is 12.5 Å². The van der Waals surface area contributed by atoms with Gasteiger partial charge in [0.2, 0.25) is 5.96 Å². The van der Waals surface area contributed by atoms with Crippen LogP contribution < -0.4 is 0 Å². The number of rotatable bonds is 4. The van der Waals surface area contributed by atoms with Crippen molar-refractivity contribution >= 4 is 17.9 Å². The molecule has 3 amide bonds. The van der Waals surface area contributed by atoms with Crippen molar-refractivity contribution in [3.8, 4) is 0 Å². The van der Waals surface area contributed by atoms with Crippen molar-refractivity contribution in [1.82, 2.24) is 19.6 Å². The van der Waals surface area contributed by atoms with Gasteiger partial charge in [0.1, 0.15) is 0 Å². The van der Waals surface area contributed by atoms with Gasteiger partial charge < -0.3 is 14.9 Å². The summed E-state index contributed by atoms with van der Waals surface area (Å²) >= 11 is 0. The fourth-order valence-electron chi connectivity index (χ4n) is 4.15. The van der Waals surface area contributed by atoms with Crippen LogP contribution >= 0.6 is 0 Å². The Morgan fingerprint density at radius 2 is 1.79 bits per heavy atom. The first-order valence-corrected chi connectivity index (χ1v) is 9.42. The minimum Gasteiger partial charge on any atom is -0.395 e. The molecule has 148 valence electrons. The van der Waals surface area contributed by atoms with E-state index in [1.165, 1.54) is 9.80 Å². The summed E-state index contributed by atoms with van der Waals surface area (Å²) in [7, 11) is 1.69. The zero-order valence-electron chi connectivity index (χ0n) is 16.6. The van der Waals surface area contributed by atoms with Gasteiger partial charge >= 0.3 is 6.03 Å². The zero-order valence-corrected chi connectivity index (χ0v) is 16.6. The summed E-state index contributed by atoms with van der Waals surface area (Å²) in [5, 5.41) is 9.41. The molecule has 1 fully saturated rings. The number of carbonyl (C=O) groups excluding carboxylic acids is 2. The summed E-state index contributed by atoms with van der Waals surface area (Å²) in [6, 6.07) is 6.84. The Kier molecular flexibility index (Phi) is 4.38. The number of benzene rings is 1. The predicted octanol–water partition coefficient (Wildman–Crippen LogP) is 1.31. The van der Waals surface area contributed by atoms with E-state index in [1.54, 1.807) is 7.05 Å². The topological polar surface area (TPSA) is 79.7 Å². The monoisotopic (exact) mass is 383 g/mol. The third-order valence-electron chi connectivity index (χ3n) is 5.92. The van der Waals surface area contributed by atoms with Crippen LogP contribution in [0.2, 0.25) is 0 Å². The van der Waals surface area contributed by atoms with E-state index in [1.807, 2.05) is 54.8 Å². The Hall–Kier alpha value is -2.87. The van der Waals surface area contributed by atoms with Gasteiger partial charge in [-0.25, -0.2) is 9.79 Å². The Morgan fingerprint density at radius 3 is 2.46 bits per heavy atom. The summed E-state index contributed by atoms with van der Waals surface area (Å²) < 4.78 is 0. The van der Waals surface area contributed by atoms with Crippen LogP contribution in [0.4, 0.5) is 4.79 Å². The molecule has 1 aromatic rings. The number of aliphatic hydroxyl groups excluding tert-OH is 1. The Balaban J connectivity index is 1.69. The standard InChI is InChI=1S/C20H25N5O3/c1-12-7-5-6-8-15(12)11-24-18(27)16-17(22(4)20(24)28)21-19-23(9-10-26)13(2)14(3)25(16)19/h5-8,16-17,26H,9-11H2,1-4H3. The van der Waals surface area contributed by atoms with Crippen LogP contribution in [0.5, 0.6) is 0 Å². The first-order chi connectivity index (χ1) is 13.4. The zero-order chi connectivity index (χ0) is 20.2. The molecule has 28 heavy (non-hydrogen) atoms. The van der Waals surface area contributed by atoms with E-state index >= 15 is 0 Å². The van der Waals surface area contributed by atoms with Gasteiger partial charge in [-0.15, -0.1) is 0 Å². The number of urea groups is 1. The van der Waals surface area contributed by atoms with Crippen LogP contribution in [-0.4, -0.2) is 75.0 Å². The van der Waals surface area contributed by atoms with E-state index in [9.17, 15) is 14.7 Å². The van der Waals surface area contributed by atoms with E-state index in [2.05, 4.69) is 4.99 Å². The van der Waals surface area contributed by atoms with Gasteiger partial charge in [0.15, 0.2) is 12.2 Å². The second-order valence-corrected chi connectivity index (χ2v) is 7.45. The number of aliphatic imine (C=N–C) groups is 1. The summed E-state index contributed by atoms with van der Waals surface area (Å²) in [6.07, 6.45) is -0.563. The lowest BCUT2D eigenvalue weighted by atomic mass is 10.1. The number of aliphatic hydroxyl groups is 1. The molecule has 3 heterocycles. The average molecular weight is 383 g/mol. The molecule has 1 aromatic carbocycles. The Labute approximate surface area is 164 Å². The Morgan fingerprint density at radius 1 is 1.07 bits per heavy atom. The van der Waals surface area contributed by atoms with Crippen LogP contribution in [-0.2, 0) is 11.3 Å². The van der Waals surface area contributed by atoms with Crippen molar-refractivity contribution in [2.75, 3.05) is 20.2 Å². The fraction of sp³-hybridized carbons (Fsp3) is 0.450. The highest BCUT2D eigenvalue weighted by molar-refractivity contribution is 6.05. The molecule has 3 aliphatic rings. The lowest BCUT2D eigenvalue weighted by Crippen LogP contribution is -2.64. The number of allylic oxidation sites excluding steroid dienone is 2. The quantitative estimate of drug-likeness (QED) is 0.848. The smallest absolute Gasteiger partial charge is 0.328 e. The number of amides is 3. The molecule has 0 spiro atoms. The molecule has 3 aliphatic heterocycles. The van der Waals surface area contributed by atoms with Crippen LogP contribution in [0.3, 0.4) is 0 Å². The summed E-state index contributed by atoms with van der Waals surface area (Å²) in [4.78, 5) is 37.7. The van der Waals surface area contributed by atoms with Crippen molar-refractivity contribution in [2.45, 2.75) is 39.5 Å². The van der Waals surface area contributed by atoms with Gasteiger partial charge in [-0.05, 0) is 31.9 Å². The lowest BCUT2D eigenvalue weighted by Gasteiger charge is -2.41. The molecule has 0 saturated carbocycles. The number of carbonyl (C=O) groups is 2. The highest BCUT2D eigenvalue weighted by Gasteiger charge is 2.55. The Bertz CT molecular complexity index is 909. The van der Waals surface area contributed by atoms with E-state index in [4.69, 9.17) is 0 Å². The fourth-order valence-corrected chi connectivity index (χ4v) is 4.15. The number of aryl methyl sites for hydroxylation is 1. The number of guanidine groups is 1. The minimum absolute atomic E-state index is 0.0189. The maximum Gasteiger partial charge on any atom is 0.328 e. The number of likely N-dealkylation sites (N-methyl/N-ethyl adjacent to an activating group) is 1. The van der Waals surface area contributed by atoms with E-state index in [-0.39, 0.29) is 25.1 Å². The second kappa shape index (κ2) is 6.63. The molecule has 0 aliphatic carbocycles. The lowest BCUT2D eigenvalue weighted by molar-refractivity contribution is -0.137. The first-order valence-electron chi connectivity index (χ1n) is 9.42. The molecule has 0 bridgehead atoms. The molecule has 1 N–H and O–H groups in total. The second-order valence-electron chi connectivity index (χ2n) is 7.45. The van der Waals surface area contributed by atoms with Gasteiger partial charge in [0, 0.05) is 25.0 Å². The number of β-amino-alcohol motifs (C(OH)–C–C–N with tert-alkyl or cyclic N) is 1. The highest BCUT2D eigenvalue weighted by Crippen LogP contribution is 2.37. The largest absolute Gasteiger partial charge is 0.395 e. The minimum atomic E-state index is -0.583. The van der Waals surface area contributed by atoms with Crippen LogP contribution in [0.1, 0.15) is 25.0 Å². The number of hydrogen-bond donors (Lipinski definition) is 1. The van der Waals surface area contributed by atoms with Crippen molar-refractivity contribution < 1.29 is 14.7 Å². The predicted molar refractivity (Wildman–Crippen MR) is 104 cm³/mol. The maximum atomic E-state index is 13.4. The first kappa shape index (κ1) is 18.5. The van der Waals surface area contributed by atoms with Crippen molar-refractivity contribution in [2.24, 2.45) is 4.99 Å². The van der Waals surface area contributed by atoms with Gasteiger partial charge in [-0.3, -0.25) is 14.6 Å². The van der Waals surface area contributed by atoms with Gasteiger partial charge in [-0.1, -0.05) is 24.3 Å². The third kappa shape index (κ3) is 2.51. The maximum absolute atomic E-state index is 13.4. The van der Waals surface area contributed by atoms with Crippen LogP contribution in [0.15, 0.2) is 40.7 Å². The normalized spacial score (nSPS) is 24.2. The molecule has 4 rings (SSSR count). The van der Waals surface area contributed by atoms with E-state index < -0.39 is 12.2 Å². The molecule has 2 unspecified atom stereocenters. The van der Waals surface area contributed by atoms with E-state index in [0.717, 1.165) is 22.5 Å². The molecule has 2 atom stereocenters. The molecule has 1 saturated heterocycles. The highest BCUT2D eigenvalue weighted by atomic mass is 16.3. The molecular formula is C20H25N5O3. The molecule has 0 radical (unpaired) electrons. The molecular weight excluding hydrogens is 358 g/mol. The summed E-state index contributed by atoms with van der Waals surface area (Å²) in [5.74, 6) is 0.387. The third-order valence-corrected chi connectivity index (χ3v) is 5.92. The van der Waals surface area contributed by atoms with Crippen molar-refractivity contribution in [3.63, 3.8) is 0 Å². The molecule has 8 nitrogen and oxygen atoms in total. The SMILES string of the molecule is CC1=C(C)N2C(=NC3C2C(=O)N(Cc2ccccc2C)C(=O)N3C)N1CCO. The molecule has 0 aromatic heterocycles. The van der Waals surface area contributed by atoms with Crippen molar-refractivity contribution in [1.29, 1.82) is 0 Å². The molecule has 8 heteroatoms. The average Bonchev–Trinajstić information content (AvgIpc) is 3.17. The number of imide groups is 1.